The van der Waals surface area contributed by atoms with Crippen LogP contribution in [0, 0.1) is 17.5 Å². The first-order valence-corrected chi connectivity index (χ1v) is 5.70. The number of halogens is 3. The number of anilines is 2. The third-order valence-corrected chi connectivity index (χ3v) is 2.86. The van der Waals surface area contributed by atoms with Crippen LogP contribution in [0.5, 0.6) is 0 Å². The molecule has 0 aliphatic rings. The van der Waals surface area contributed by atoms with Crippen molar-refractivity contribution in [2.24, 2.45) is 5.73 Å². The molecular weight excluding hydrogens is 253 g/mol. The van der Waals surface area contributed by atoms with E-state index < -0.39 is 17.5 Å². The number of rotatable bonds is 3. The third kappa shape index (κ3) is 2.71. The molecule has 2 rings (SSSR count). The summed E-state index contributed by atoms with van der Waals surface area (Å²) in [7, 11) is 1.51. The largest absolute Gasteiger partial charge is 0.340 e. The Morgan fingerprint density at radius 3 is 2.00 bits per heavy atom. The van der Waals surface area contributed by atoms with Crippen molar-refractivity contribution in [3.8, 4) is 0 Å². The van der Waals surface area contributed by atoms with Crippen LogP contribution < -0.4 is 10.6 Å². The summed E-state index contributed by atoms with van der Waals surface area (Å²) in [4.78, 5) is 1.32. The lowest BCUT2D eigenvalue weighted by molar-refractivity contribution is 0.580. The van der Waals surface area contributed by atoms with E-state index in [1.807, 2.05) is 0 Å². The Balaban J connectivity index is 2.44. The molecule has 0 spiro atoms. The van der Waals surface area contributed by atoms with Gasteiger partial charge >= 0.3 is 0 Å². The second kappa shape index (κ2) is 5.32. The van der Waals surface area contributed by atoms with Crippen LogP contribution in [0.25, 0.3) is 0 Å². The van der Waals surface area contributed by atoms with Crippen molar-refractivity contribution in [1.82, 2.24) is 0 Å². The maximum absolute atomic E-state index is 13.9. The second-order valence-corrected chi connectivity index (χ2v) is 4.15. The van der Waals surface area contributed by atoms with Gasteiger partial charge in [-0.05, 0) is 42.0 Å². The summed E-state index contributed by atoms with van der Waals surface area (Å²) in [6.45, 7) is 0.0639. The van der Waals surface area contributed by atoms with E-state index in [0.717, 1.165) is 0 Å². The Labute approximate surface area is 109 Å². The molecule has 5 heteroatoms. The lowest BCUT2D eigenvalue weighted by Crippen LogP contribution is -2.14. The molecule has 19 heavy (non-hydrogen) atoms. The molecule has 2 nitrogen and oxygen atoms in total. The van der Waals surface area contributed by atoms with E-state index in [1.54, 1.807) is 0 Å². The van der Waals surface area contributed by atoms with Crippen LogP contribution in [0.4, 0.5) is 24.5 Å². The van der Waals surface area contributed by atoms with Gasteiger partial charge in [-0.25, -0.2) is 13.2 Å². The molecule has 0 bridgehead atoms. The summed E-state index contributed by atoms with van der Waals surface area (Å²) < 4.78 is 40.6. The van der Waals surface area contributed by atoms with Gasteiger partial charge in [-0.2, -0.15) is 0 Å². The van der Waals surface area contributed by atoms with Crippen LogP contribution in [-0.2, 0) is 6.54 Å². The molecule has 0 saturated carbocycles. The predicted molar refractivity (Wildman–Crippen MR) is 68.7 cm³/mol. The first kappa shape index (κ1) is 13.4. The van der Waals surface area contributed by atoms with Gasteiger partial charge in [-0.15, -0.1) is 0 Å². The van der Waals surface area contributed by atoms with Crippen LogP contribution in [-0.4, -0.2) is 7.05 Å². The van der Waals surface area contributed by atoms with Crippen LogP contribution in [0.15, 0.2) is 36.4 Å². The highest BCUT2D eigenvalue weighted by Gasteiger charge is 2.16. The fourth-order valence-corrected chi connectivity index (χ4v) is 1.85. The van der Waals surface area contributed by atoms with Gasteiger partial charge in [0.15, 0.2) is 0 Å². The number of nitrogens with zero attached hydrogens (tertiary/aromatic N) is 1. The zero-order valence-electron chi connectivity index (χ0n) is 10.3. The van der Waals surface area contributed by atoms with Gasteiger partial charge in [-0.3, -0.25) is 0 Å². The summed E-state index contributed by atoms with van der Waals surface area (Å²) >= 11 is 0. The standard InChI is InChI=1S/C14H13F3N2/c1-19(11-4-2-10(15)3-5-11)14-12(16)6-9(8-18)7-13(14)17/h2-7H,8,18H2,1H3. The maximum Gasteiger partial charge on any atom is 0.150 e. The molecular formula is C14H13F3N2. The van der Waals surface area contributed by atoms with E-state index in [0.29, 0.717) is 11.3 Å². The fourth-order valence-electron chi connectivity index (χ4n) is 1.85. The van der Waals surface area contributed by atoms with Gasteiger partial charge in [-0.1, -0.05) is 0 Å². The number of nitrogens with two attached hydrogens (primary N) is 1. The number of hydrogen-bond donors (Lipinski definition) is 1. The van der Waals surface area contributed by atoms with E-state index >= 15 is 0 Å². The Bertz CT molecular complexity index is 559. The predicted octanol–water partition coefficient (Wildman–Crippen LogP) is 3.33. The highest BCUT2D eigenvalue weighted by molar-refractivity contribution is 5.63. The van der Waals surface area contributed by atoms with Gasteiger partial charge in [0.25, 0.3) is 0 Å². The van der Waals surface area contributed by atoms with E-state index in [4.69, 9.17) is 5.73 Å². The average molecular weight is 266 g/mol. The smallest absolute Gasteiger partial charge is 0.150 e. The van der Waals surface area contributed by atoms with Crippen molar-refractivity contribution in [3.05, 3.63) is 59.4 Å². The molecule has 0 aliphatic carbocycles. The Kier molecular flexibility index (Phi) is 3.76. The Hall–Kier alpha value is -2.01. The van der Waals surface area contributed by atoms with Crippen LogP contribution in [0.1, 0.15) is 5.56 Å². The fraction of sp³-hybridized carbons (Fsp3) is 0.143. The van der Waals surface area contributed by atoms with Crippen LogP contribution >= 0.6 is 0 Å². The minimum Gasteiger partial charge on any atom is -0.340 e. The Morgan fingerprint density at radius 1 is 1.00 bits per heavy atom. The van der Waals surface area contributed by atoms with Gasteiger partial charge < -0.3 is 10.6 Å². The highest BCUT2D eigenvalue weighted by atomic mass is 19.1. The SMILES string of the molecule is CN(c1ccc(F)cc1)c1c(F)cc(CN)cc1F. The molecule has 0 saturated heterocycles. The molecule has 0 aromatic heterocycles. The second-order valence-electron chi connectivity index (χ2n) is 4.15. The molecule has 100 valence electrons. The van der Waals surface area contributed by atoms with Crippen molar-refractivity contribution < 1.29 is 13.2 Å². The summed E-state index contributed by atoms with van der Waals surface area (Å²) in [5.41, 5.74) is 6.03. The van der Waals surface area contributed by atoms with Crippen molar-refractivity contribution in [2.75, 3.05) is 11.9 Å². The van der Waals surface area contributed by atoms with Crippen molar-refractivity contribution in [1.29, 1.82) is 0 Å². The lowest BCUT2D eigenvalue weighted by atomic mass is 10.1. The lowest BCUT2D eigenvalue weighted by Gasteiger charge is -2.21. The molecule has 0 radical (unpaired) electrons. The zero-order chi connectivity index (χ0) is 14.0. The first-order valence-electron chi connectivity index (χ1n) is 5.70. The van der Waals surface area contributed by atoms with Crippen molar-refractivity contribution in [2.45, 2.75) is 6.54 Å². The molecule has 2 aromatic rings. The zero-order valence-corrected chi connectivity index (χ0v) is 10.3. The maximum atomic E-state index is 13.9. The molecule has 0 fully saturated rings. The minimum atomic E-state index is -0.702. The summed E-state index contributed by atoms with van der Waals surface area (Å²) in [5.74, 6) is -1.81. The molecule has 0 atom stereocenters. The third-order valence-electron chi connectivity index (χ3n) is 2.86. The number of hydrogen-bond acceptors (Lipinski definition) is 2. The van der Waals surface area contributed by atoms with E-state index in [-0.39, 0.29) is 12.2 Å². The number of benzene rings is 2. The summed E-state index contributed by atoms with van der Waals surface area (Å²) in [6.07, 6.45) is 0. The molecule has 2 N–H and O–H groups in total. The quantitative estimate of drug-likeness (QED) is 0.923. The first-order chi connectivity index (χ1) is 9.02. The molecule has 2 aromatic carbocycles. The normalized spacial score (nSPS) is 10.6. The summed E-state index contributed by atoms with van der Waals surface area (Å²) in [5, 5.41) is 0. The summed E-state index contributed by atoms with van der Waals surface area (Å²) in [6, 6.07) is 7.75. The molecule has 0 heterocycles. The van der Waals surface area contributed by atoms with Crippen LogP contribution in [0.3, 0.4) is 0 Å². The molecule has 0 unspecified atom stereocenters. The van der Waals surface area contributed by atoms with Crippen LogP contribution in [0.2, 0.25) is 0 Å². The van der Waals surface area contributed by atoms with Gasteiger partial charge in [0, 0.05) is 19.3 Å². The van der Waals surface area contributed by atoms with Crippen molar-refractivity contribution >= 4 is 11.4 Å². The minimum absolute atomic E-state index is 0.0639. The van der Waals surface area contributed by atoms with E-state index in [9.17, 15) is 13.2 Å². The Morgan fingerprint density at radius 2 is 1.53 bits per heavy atom. The average Bonchev–Trinajstić information content (AvgIpc) is 2.38. The molecule has 0 amide bonds. The topological polar surface area (TPSA) is 29.3 Å². The highest BCUT2D eigenvalue weighted by Crippen LogP contribution is 2.29. The van der Waals surface area contributed by atoms with Gasteiger partial charge in [0.2, 0.25) is 0 Å². The molecule has 0 aliphatic heterocycles. The van der Waals surface area contributed by atoms with Crippen molar-refractivity contribution in [3.63, 3.8) is 0 Å². The van der Waals surface area contributed by atoms with E-state index in [2.05, 4.69) is 0 Å². The van der Waals surface area contributed by atoms with E-state index in [1.165, 1.54) is 48.3 Å². The monoisotopic (exact) mass is 266 g/mol. The van der Waals surface area contributed by atoms with Gasteiger partial charge in [0.1, 0.15) is 23.1 Å². The van der Waals surface area contributed by atoms with Gasteiger partial charge in [0.05, 0.1) is 0 Å².